The first-order valence-electron chi connectivity index (χ1n) is 7.58. The van der Waals surface area contributed by atoms with E-state index in [0.717, 1.165) is 17.2 Å². The van der Waals surface area contributed by atoms with Crippen LogP contribution < -0.4 is 0 Å². The maximum absolute atomic E-state index is 11.4. The van der Waals surface area contributed by atoms with Crippen LogP contribution in [0.2, 0.25) is 25.7 Å². The van der Waals surface area contributed by atoms with Gasteiger partial charge in [-0.2, -0.15) is 5.10 Å². The number of carbonyl (C=O) groups is 1. The summed E-state index contributed by atoms with van der Waals surface area (Å²) >= 11 is 0. The number of carboxylic acid groups (broad SMARTS) is 1. The number of aromatic nitrogens is 3. The third-order valence-corrected chi connectivity index (χ3v) is 5.21. The highest BCUT2D eigenvalue weighted by Gasteiger charge is 2.17. The van der Waals surface area contributed by atoms with Crippen LogP contribution in [0.4, 0.5) is 0 Å². The summed E-state index contributed by atoms with van der Waals surface area (Å²) in [4.78, 5) is 15.5. The highest BCUT2D eigenvalue weighted by atomic mass is 28.3. The van der Waals surface area contributed by atoms with Crippen molar-refractivity contribution in [1.29, 1.82) is 0 Å². The lowest BCUT2D eigenvalue weighted by Gasteiger charge is -2.15. The lowest BCUT2D eigenvalue weighted by molar-refractivity contribution is 0.0591. The Hall–Kier alpha value is -1.99. The first kappa shape index (κ1) is 17.4. The summed E-state index contributed by atoms with van der Waals surface area (Å²) in [5, 5.41) is 13.8. The van der Waals surface area contributed by atoms with Gasteiger partial charge in [0.2, 0.25) is 0 Å². The molecule has 2 aromatic rings. The number of hydrogen-bond acceptors (Lipinski definition) is 4. The molecule has 0 radical (unpaired) electrons. The summed E-state index contributed by atoms with van der Waals surface area (Å²) in [7, 11) is -1.16. The Morgan fingerprint density at radius 1 is 1.39 bits per heavy atom. The number of hydrogen-bond donors (Lipinski definition) is 1. The van der Waals surface area contributed by atoms with Crippen molar-refractivity contribution >= 4 is 14.0 Å². The monoisotopic (exact) mass is 333 g/mol. The van der Waals surface area contributed by atoms with Crippen LogP contribution in [-0.4, -0.2) is 40.5 Å². The molecule has 0 atom stereocenters. The van der Waals surface area contributed by atoms with E-state index < -0.39 is 14.0 Å². The Morgan fingerprint density at radius 3 is 2.74 bits per heavy atom. The van der Waals surface area contributed by atoms with Crippen molar-refractivity contribution in [2.45, 2.75) is 39.3 Å². The fraction of sp³-hybridized carbons (Fsp3) is 0.438. The Balaban J connectivity index is 2.16. The van der Waals surface area contributed by atoms with Crippen LogP contribution in [0, 0.1) is 6.92 Å². The molecule has 7 heteroatoms. The number of nitrogens with zero attached hydrogens (tertiary/aromatic N) is 3. The van der Waals surface area contributed by atoms with Gasteiger partial charge in [0.1, 0.15) is 12.4 Å². The Kier molecular flexibility index (Phi) is 5.33. The van der Waals surface area contributed by atoms with E-state index in [4.69, 9.17) is 4.74 Å². The Morgan fingerprint density at radius 2 is 2.13 bits per heavy atom. The first-order chi connectivity index (χ1) is 10.8. The molecule has 124 valence electrons. The average molecular weight is 333 g/mol. The summed E-state index contributed by atoms with van der Waals surface area (Å²) in [6.45, 7) is 9.52. The van der Waals surface area contributed by atoms with E-state index in [1.165, 1.54) is 4.68 Å². The van der Waals surface area contributed by atoms with Gasteiger partial charge in [0.25, 0.3) is 0 Å². The lowest BCUT2D eigenvalue weighted by Crippen LogP contribution is -2.22. The molecule has 0 spiro atoms. The number of rotatable bonds is 7. The predicted molar refractivity (Wildman–Crippen MR) is 91.3 cm³/mol. The van der Waals surface area contributed by atoms with E-state index in [9.17, 15) is 9.90 Å². The van der Waals surface area contributed by atoms with Gasteiger partial charge in [-0.3, -0.25) is 4.98 Å². The number of aromatic carboxylic acids is 1. The van der Waals surface area contributed by atoms with E-state index in [1.54, 1.807) is 18.5 Å². The van der Waals surface area contributed by atoms with Crippen molar-refractivity contribution < 1.29 is 14.6 Å². The third kappa shape index (κ3) is 4.74. The fourth-order valence-corrected chi connectivity index (χ4v) is 2.87. The van der Waals surface area contributed by atoms with Gasteiger partial charge < -0.3 is 9.84 Å². The van der Waals surface area contributed by atoms with E-state index >= 15 is 0 Å². The summed E-state index contributed by atoms with van der Waals surface area (Å²) in [6.07, 6.45) is 3.41. The minimum absolute atomic E-state index is 0.129. The van der Waals surface area contributed by atoms with Gasteiger partial charge in [-0.05, 0) is 30.7 Å². The van der Waals surface area contributed by atoms with Crippen molar-refractivity contribution in [2.75, 3.05) is 6.61 Å². The van der Waals surface area contributed by atoms with Crippen molar-refractivity contribution in [3.8, 4) is 11.3 Å². The van der Waals surface area contributed by atoms with Crippen LogP contribution in [0.3, 0.4) is 0 Å². The number of ether oxygens (including phenoxy) is 1. The van der Waals surface area contributed by atoms with Crippen LogP contribution >= 0.6 is 0 Å². The molecular formula is C16H23N3O3Si. The topological polar surface area (TPSA) is 77.2 Å². The molecule has 0 aliphatic heterocycles. The molecule has 6 nitrogen and oxygen atoms in total. The standard InChI is InChI=1S/C16H23N3O3Si/c1-12-10-17-6-5-13(12)14-9-15(16(20)21)19(18-14)11-22-7-8-23(2,3)4/h5-6,9-10H,7-8,11H2,1-4H3,(H,20,21). The molecule has 0 aliphatic rings. The Labute approximate surface area is 137 Å². The molecular weight excluding hydrogens is 310 g/mol. The lowest BCUT2D eigenvalue weighted by atomic mass is 10.1. The molecule has 2 aromatic heterocycles. The van der Waals surface area contributed by atoms with E-state index in [1.807, 2.05) is 13.0 Å². The van der Waals surface area contributed by atoms with Gasteiger partial charge in [0.05, 0.1) is 5.69 Å². The van der Waals surface area contributed by atoms with Crippen molar-refractivity contribution in [3.05, 3.63) is 35.8 Å². The zero-order chi connectivity index (χ0) is 17.0. The smallest absolute Gasteiger partial charge is 0.354 e. The summed E-state index contributed by atoms with van der Waals surface area (Å²) in [5.41, 5.74) is 2.58. The average Bonchev–Trinajstić information content (AvgIpc) is 2.87. The molecule has 2 rings (SSSR count). The maximum atomic E-state index is 11.4. The van der Waals surface area contributed by atoms with Crippen molar-refractivity contribution in [2.24, 2.45) is 0 Å². The number of aryl methyl sites for hydroxylation is 1. The van der Waals surface area contributed by atoms with Gasteiger partial charge in [-0.1, -0.05) is 19.6 Å². The predicted octanol–water partition coefficient (Wildman–Crippen LogP) is 3.26. The van der Waals surface area contributed by atoms with Gasteiger partial charge >= 0.3 is 5.97 Å². The van der Waals surface area contributed by atoms with E-state index in [2.05, 4.69) is 29.7 Å². The molecule has 0 saturated carbocycles. The van der Waals surface area contributed by atoms with Gasteiger partial charge in [-0.25, -0.2) is 9.48 Å². The van der Waals surface area contributed by atoms with Gasteiger partial charge in [-0.15, -0.1) is 0 Å². The summed E-state index contributed by atoms with van der Waals surface area (Å²) in [5.74, 6) is -1.01. The second-order valence-corrected chi connectivity index (χ2v) is 12.4. The summed E-state index contributed by atoms with van der Waals surface area (Å²) < 4.78 is 7.03. The molecule has 0 fully saturated rings. The quantitative estimate of drug-likeness (QED) is 0.621. The van der Waals surface area contributed by atoms with Crippen LogP contribution in [0.5, 0.6) is 0 Å². The van der Waals surface area contributed by atoms with Crippen LogP contribution in [0.15, 0.2) is 24.5 Å². The van der Waals surface area contributed by atoms with Crippen LogP contribution in [0.25, 0.3) is 11.3 Å². The molecule has 23 heavy (non-hydrogen) atoms. The highest BCUT2D eigenvalue weighted by Crippen LogP contribution is 2.22. The number of carboxylic acids is 1. The molecule has 0 aromatic carbocycles. The zero-order valence-corrected chi connectivity index (χ0v) is 15.0. The SMILES string of the molecule is Cc1cnccc1-c1cc(C(=O)O)n(COCC[Si](C)(C)C)n1. The molecule has 0 amide bonds. The zero-order valence-electron chi connectivity index (χ0n) is 14.0. The van der Waals surface area contributed by atoms with Crippen LogP contribution in [-0.2, 0) is 11.5 Å². The largest absolute Gasteiger partial charge is 0.477 e. The molecule has 0 saturated heterocycles. The molecule has 0 bridgehead atoms. The minimum Gasteiger partial charge on any atom is -0.477 e. The second-order valence-electron chi connectivity index (χ2n) is 6.76. The molecule has 0 aliphatic carbocycles. The number of pyridine rings is 1. The third-order valence-electron chi connectivity index (χ3n) is 3.51. The fourth-order valence-electron chi connectivity index (χ4n) is 2.11. The first-order valence-corrected chi connectivity index (χ1v) is 11.3. The Bertz CT molecular complexity index is 692. The van der Waals surface area contributed by atoms with Crippen molar-refractivity contribution in [3.63, 3.8) is 0 Å². The van der Waals surface area contributed by atoms with E-state index in [-0.39, 0.29) is 12.4 Å². The highest BCUT2D eigenvalue weighted by molar-refractivity contribution is 6.76. The molecule has 2 heterocycles. The van der Waals surface area contributed by atoms with Gasteiger partial charge in [0, 0.05) is 32.6 Å². The second kappa shape index (κ2) is 7.06. The molecule has 1 N–H and O–H groups in total. The van der Waals surface area contributed by atoms with E-state index in [0.29, 0.717) is 12.3 Å². The summed E-state index contributed by atoms with van der Waals surface area (Å²) in [6, 6.07) is 4.44. The maximum Gasteiger partial charge on any atom is 0.354 e. The minimum atomic E-state index is -1.16. The van der Waals surface area contributed by atoms with Crippen molar-refractivity contribution in [1.82, 2.24) is 14.8 Å². The van der Waals surface area contributed by atoms with Crippen LogP contribution in [0.1, 0.15) is 16.1 Å². The van der Waals surface area contributed by atoms with Gasteiger partial charge in [0.15, 0.2) is 0 Å². The molecule has 0 unspecified atom stereocenters. The normalized spacial score (nSPS) is 11.7.